The van der Waals surface area contributed by atoms with E-state index >= 15 is 0 Å². The molecule has 8 heteroatoms. The SMILES string of the molecule is C[C@H](OC(=O)c1cnccn1)C(=O)Nc1cc(Cl)ccc1Cl. The molecule has 1 amide bonds. The Balaban J connectivity index is 2.00. The first kappa shape index (κ1) is 16.2. The summed E-state index contributed by atoms with van der Waals surface area (Å²) in [4.78, 5) is 31.3. The number of anilines is 1. The molecular weight excluding hydrogens is 329 g/mol. The molecule has 1 aromatic heterocycles. The smallest absolute Gasteiger partial charge is 0.359 e. The van der Waals surface area contributed by atoms with E-state index in [2.05, 4.69) is 15.3 Å². The van der Waals surface area contributed by atoms with Crippen LogP contribution < -0.4 is 5.32 Å². The molecule has 0 spiro atoms. The highest BCUT2D eigenvalue weighted by Gasteiger charge is 2.20. The summed E-state index contributed by atoms with van der Waals surface area (Å²) in [5.41, 5.74) is 0.351. The molecule has 0 aliphatic heterocycles. The van der Waals surface area contributed by atoms with Crippen LogP contribution in [-0.4, -0.2) is 27.9 Å². The summed E-state index contributed by atoms with van der Waals surface area (Å²) in [6.45, 7) is 1.43. The molecule has 0 bridgehead atoms. The second-order valence-corrected chi connectivity index (χ2v) is 5.10. The summed E-state index contributed by atoms with van der Waals surface area (Å²) in [6, 6.07) is 4.64. The third-order valence-electron chi connectivity index (χ3n) is 2.61. The number of carbonyl (C=O) groups is 2. The van der Waals surface area contributed by atoms with Crippen molar-refractivity contribution >= 4 is 40.8 Å². The second kappa shape index (κ2) is 7.20. The molecule has 1 N–H and O–H groups in total. The lowest BCUT2D eigenvalue weighted by atomic mass is 10.3. The fourth-order valence-corrected chi connectivity index (χ4v) is 1.84. The summed E-state index contributed by atoms with van der Waals surface area (Å²) in [5, 5.41) is 3.28. The van der Waals surface area contributed by atoms with Gasteiger partial charge >= 0.3 is 5.97 Å². The first-order valence-electron chi connectivity index (χ1n) is 6.20. The molecule has 0 saturated carbocycles. The van der Waals surface area contributed by atoms with Crippen LogP contribution in [0.5, 0.6) is 0 Å². The van der Waals surface area contributed by atoms with Crippen molar-refractivity contribution in [2.75, 3.05) is 5.32 Å². The van der Waals surface area contributed by atoms with Gasteiger partial charge < -0.3 is 10.1 Å². The van der Waals surface area contributed by atoms with E-state index in [1.54, 1.807) is 12.1 Å². The van der Waals surface area contributed by atoms with Gasteiger partial charge in [0, 0.05) is 17.4 Å². The molecule has 0 saturated heterocycles. The highest BCUT2D eigenvalue weighted by molar-refractivity contribution is 6.35. The van der Waals surface area contributed by atoms with Crippen LogP contribution in [0.2, 0.25) is 10.0 Å². The maximum absolute atomic E-state index is 12.0. The number of benzene rings is 1. The molecule has 0 aliphatic rings. The fraction of sp³-hybridized carbons (Fsp3) is 0.143. The Morgan fingerprint density at radius 3 is 2.73 bits per heavy atom. The molecular formula is C14H11Cl2N3O3. The van der Waals surface area contributed by atoms with E-state index in [9.17, 15) is 9.59 Å². The maximum atomic E-state index is 12.0. The molecule has 0 aliphatic carbocycles. The van der Waals surface area contributed by atoms with Crippen LogP contribution in [0, 0.1) is 0 Å². The third-order valence-corrected chi connectivity index (χ3v) is 3.18. The minimum absolute atomic E-state index is 0.0166. The topological polar surface area (TPSA) is 81.2 Å². The van der Waals surface area contributed by atoms with Gasteiger partial charge in [0.15, 0.2) is 11.8 Å². The standard InChI is InChI=1S/C14H11Cl2N3O3/c1-8(22-14(21)12-7-17-4-5-18-12)13(20)19-11-6-9(15)2-3-10(11)16/h2-8H,1H3,(H,19,20)/t8-/m0/s1. The number of aromatic nitrogens is 2. The Morgan fingerprint density at radius 2 is 2.05 bits per heavy atom. The number of ether oxygens (including phenoxy) is 1. The van der Waals surface area contributed by atoms with Crippen molar-refractivity contribution in [3.63, 3.8) is 0 Å². The Bertz CT molecular complexity index is 695. The number of hydrogen-bond donors (Lipinski definition) is 1. The van der Waals surface area contributed by atoms with Crippen molar-refractivity contribution in [2.24, 2.45) is 0 Å². The monoisotopic (exact) mass is 339 g/mol. The lowest BCUT2D eigenvalue weighted by Gasteiger charge is -2.14. The lowest BCUT2D eigenvalue weighted by Crippen LogP contribution is -2.30. The first-order valence-corrected chi connectivity index (χ1v) is 6.96. The maximum Gasteiger partial charge on any atom is 0.359 e. The molecule has 0 fully saturated rings. The molecule has 1 heterocycles. The quantitative estimate of drug-likeness (QED) is 0.866. The Hall–Kier alpha value is -2.18. The predicted octanol–water partition coefficient (Wildman–Crippen LogP) is 2.97. The zero-order chi connectivity index (χ0) is 16.1. The number of amides is 1. The van der Waals surface area contributed by atoms with Gasteiger partial charge in [-0.05, 0) is 25.1 Å². The molecule has 2 aromatic rings. The number of nitrogens with one attached hydrogen (secondary N) is 1. The molecule has 0 unspecified atom stereocenters. The van der Waals surface area contributed by atoms with Crippen LogP contribution in [0.25, 0.3) is 0 Å². The normalized spacial score (nSPS) is 11.6. The highest BCUT2D eigenvalue weighted by Crippen LogP contribution is 2.25. The van der Waals surface area contributed by atoms with Gasteiger partial charge in [-0.15, -0.1) is 0 Å². The van der Waals surface area contributed by atoms with Crippen molar-refractivity contribution in [3.05, 3.63) is 52.5 Å². The largest absolute Gasteiger partial charge is 0.448 e. The van der Waals surface area contributed by atoms with Gasteiger partial charge in [-0.1, -0.05) is 23.2 Å². The van der Waals surface area contributed by atoms with Crippen molar-refractivity contribution < 1.29 is 14.3 Å². The van der Waals surface area contributed by atoms with E-state index in [1.165, 1.54) is 31.6 Å². The van der Waals surface area contributed by atoms with Crippen LogP contribution in [-0.2, 0) is 9.53 Å². The second-order valence-electron chi connectivity index (χ2n) is 4.25. The number of halogens is 2. The average Bonchev–Trinajstić information content (AvgIpc) is 2.51. The van der Waals surface area contributed by atoms with Gasteiger partial charge in [-0.3, -0.25) is 9.78 Å². The zero-order valence-electron chi connectivity index (χ0n) is 11.4. The third kappa shape index (κ3) is 4.16. The number of nitrogens with zero attached hydrogens (tertiary/aromatic N) is 2. The van der Waals surface area contributed by atoms with Crippen molar-refractivity contribution in [2.45, 2.75) is 13.0 Å². The van der Waals surface area contributed by atoms with Crippen LogP contribution in [0.1, 0.15) is 17.4 Å². The molecule has 114 valence electrons. The minimum atomic E-state index is -1.04. The molecule has 6 nitrogen and oxygen atoms in total. The van der Waals surface area contributed by atoms with Crippen LogP contribution in [0.4, 0.5) is 5.69 Å². The van der Waals surface area contributed by atoms with Gasteiger partial charge in [0.2, 0.25) is 0 Å². The number of rotatable bonds is 4. The van der Waals surface area contributed by atoms with Crippen LogP contribution in [0.15, 0.2) is 36.8 Å². The zero-order valence-corrected chi connectivity index (χ0v) is 12.9. The minimum Gasteiger partial charge on any atom is -0.448 e. The van der Waals surface area contributed by atoms with Crippen molar-refractivity contribution in [3.8, 4) is 0 Å². The Labute approximate surface area is 136 Å². The predicted molar refractivity (Wildman–Crippen MR) is 82.0 cm³/mol. The Kier molecular flexibility index (Phi) is 5.30. The van der Waals surface area contributed by atoms with E-state index in [1.807, 2.05) is 0 Å². The summed E-state index contributed by atoms with van der Waals surface area (Å²) in [6.07, 6.45) is 2.99. The van der Waals surface area contributed by atoms with Gasteiger partial charge in [0.25, 0.3) is 5.91 Å². The van der Waals surface area contributed by atoms with E-state index in [4.69, 9.17) is 27.9 Å². The molecule has 0 radical (unpaired) electrons. The van der Waals surface area contributed by atoms with Crippen LogP contribution >= 0.6 is 23.2 Å². The summed E-state index contributed by atoms with van der Waals surface area (Å²) in [7, 11) is 0. The van der Waals surface area contributed by atoms with E-state index in [0.717, 1.165) is 0 Å². The molecule has 1 aromatic carbocycles. The molecule has 22 heavy (non-hydrogen) atoms. The van der Waals surface area contributed by atoms with E-state index in [0.29, 0.717) is 15.7 Å². The molecule has 1 atom stereocenters. The molecule has 2 rings (SSSR count). The van der Waals surface area contributed by atoms with Gasteiger partial charge in [-0.2, -0.15) is 0 Å². The van der Waals surface area contributed by atoms with E-state index < -0.39 is 18.0 Å². The van der Waals surface area contributed by atoms with Crippen LogP contribution in [0.3, 0.4) is 0 Å². The summed E-state index contributed by atoms with van der Waals surface area (Å²) in [5.74, 6) is -1.28. The van der Waals surface area contributed by atoms with E-state index in [-0.39, 0.29) is 5.69 Å². The van der Waals surface area contributed by atoms with Gasteiger partial charge in [0.1, 0.15) is 0 Å². The Morgan fingerprint density at radius 1 is 1.27 bits per heavy atom. The highest BCUT2D eigenvalue weighted by atomic mass is 35.5. The van der Waals surface area contributed by atoms with Crippen molar-refractivity contribution in [1.29, 1.82) is 0 Å². The summed E-state index contributed by atoms with van der Waals surface area (Å²) < 4.78 is 5.01. The average molecular weight is 340 g/mol. The number of esters is 1. The first-order chi connectivity index (χ1) is 10.5. The number of hydrogen-bond acceptors (Lipinski definition) is 5. The van der Waals surface area contributed by atoms with Gasteiger partial charge in [-0.25, -0.2) is 9.78 Å². The lowest BCUT2D eigenvalue weighted by molar-refractivity contribution is -0.123. The fourth-order valence-electron chi connectivity index (χ4n) is 1.51. The number of carbonyl (C=O) groups excluding carboxylic acids is 2. The van der Waals surface area contributed by atoms with Gasteiger partial charge in [0.05, 0.1) is 16.9 Å². The van der Waals surface area contributed by atoms with Crippen molar-refractivity contribution in [1.82, 2.24) is 9.97 Å². The summed E-state index contributed by atoms with van der Waals surface area (Å²) >= 11 is 11.8.